The second kappa shape index (κ2) is 8.02. The maximum atomic E-state index is 13.0. The Morgan fingerprint density at radius 3 is 2.58 bits per heavy atom. The number of hydrogen-bond acceptors (Lipinski definition) is 5. The van der Waals surface area contributed by atoms with Crippen molar-refractivity contribution in [3.63, 3.8) is 0 Å². The van der Waals surface area contributed by atoms with E-state index >= 15 is 0 Å². The molecule has 7 nitrogen and oxygen atoms in total. The number of benzene rings is 1. The van der Waals surface area contributed by atoms with Gasteiger partial charge in [0.25, 0.3) is 5.91 Å². The smallest absolute Gasteiger partial charge is 0.251 e. The van der Waals surface area contributed by atoms with Gasteiger partial charge in [0.05, 0.1) is 11.6 Å². The zero-order valence-electron chi connectivity index (χ0n) is 14.3. The fraction of sp³-hybridized carbons (Fsp3) is 0.562. The number of carbonyl (C=O) groups excluding carboxylic acids is 1. The molecule has 0 radical (unpaired) electrons. The van der Waals surface area contributed by atoms with Gasteiger partial charge < -0.3 is 14.4 Å². The Morgan fingerprint density at radius 2 is 2.00 bits per heavy atom. The van der Waals surface area contributed by atoms with Gasteiger partial charge in [-0.05, 0) is 40.9 Å². The Morgan fingerprint density at radius 1 is 1.31 bits per heavy atom. The van der Waals surface area contributed by atoms with Crippen LogP contribution in [0.3, 0.4) is 0 Å². The summed E-state index contributed by atoms with van der Waals surface area (Å²) in [6.45, 7) is 1.71. The first-order valence-corrected chi connectivity index (χ1v) is 10.9. The van der Waals surface area contributed by atoms with Crippen LogP contribution in [0.15, 0.2) is 21.5 Å². The van der Waals surface area contributed by atoms with Crippen LogP contribution >= 0.6 is 27.5 Å². The number of methoxy groups -OCH3 is 1. The van der Waals surface area contributed by atoms with Gasteiger partial charge in [0.15, 0.2) is 5.75 Å². The zero-order valence-corrected chi connectivity index (χ0v) is 17.4. The van der Waals surface area contributed by atoms with Crippen LogP contribution < -0.4 is 4.74 Å². The monoisotopic (exact) mass is 466 g/mol. The lowest BCUT2D eigenvalue weighted by molar-refractivity contribution is -0.142. The lowest BCUT2D eigenvalue weighted by atomic mass is 10.2. The molecule has 0 saturated carbocycles. The largest absolute Gasteiger partial charge is 0.494 e. The summed E-state index contributed by atoms with van der Waals surface area (Å²) < 4.78 is 38.6. The third-order valence-electron chi connectivity index (χ3n) is 4.55. The fourth-order valence-corrected chi connectivity index (χ4v) is 5.98. The number of sulfonamides is 1. The summed E-state index contributed by atoms with van der Waals surface area (Å²) in [5.41, 5.74) is 0. The van der Waals surface area contributed by atoms with E-state index in [4.69, 9.17) is 21.1 Å². The molecule has 2 saturated heterocycles. The maximum Gasteiger partial charge on any atom is 0.251 e. The van der Waals surface area contributed by atoms with Gasteiger partial charge in [-0.15, -0.1) is 0 Å². The summed E-state index contributed by atoms with van der Waals surface area (Å²) in [6.07, 6.45) is 1.22. The van der Waals surface area contributed by atoms with Crippen molar-refractivity contribution in [3.8, 4) is 5.75 Å². The van der Waals surface area contributed by atoms with Gasteiger partial charge in [0.1, 0.15) is 11.0 Å². The minimum atomic E-state index is -3.79. The standard InChI is InChI=1S/C16H20BrClN2O5S/c1-24-15-12(17)9-11(18)10-14(15)26(22,23)20-6-4-19(5-7-20)16(21)13-3-2-8-25-13/h9-10,13H,2-8H2,1H3. The van der Waals surface area contributed by atoms with Crippen molar-refractivity contribution < 1.29 is 22.7 Å². The molecule has 1 aromatic rings. The molecule has 2 aliphatic heterocycles. The Labute approximate surface area is 166 Å². The van der Waals surface area contributed by atoms with Gasteiger partial charge in [-0.25, -0.2) is 8.42 Å². The molecule has 3 rings (SSSR count). The van der Waals surface area contributed by atoms with Crippen LogP contribution in [0.2, 0.25) is 5.02 Å². The van der Waals surface area contributed by atoms with Crippen LogP contribution in [0, 0.1) is 0 Å². The van der Waals surface area contributed by atoms with E-state index in [-0.39, 0.29) is 35.7 Å². The molecule has 2 fully saturated rings. The van der Waals surface area contributed by atoms with Crippen molar-refractivity contribution in [1.82, 2.24) is 9.21 Å². The lowest BCUT2D eigenvalue weighted by Crippen LogP contribution is -2.52. The van der Waals surface area contributed by atoms with Crippen molar-refractivity contribution in [3.05, 3.63) is 21.6 Å². The molecular weight excluding hydrogens is 448 g/mol. The summed E-state index contributed by atoms with van der Waals surface area (Å²) in [4.78, 5) is 14.1. The summed E-state index contributed by atoms with van der Waals surface area (Å²) in [5, 5.41) is 0.295. The number of halogens is 2. The fourth-order valence-electron chi connectivity index (χ4n) is 3.19. The Hall–Kier alpha value is -0.870. The molecule has 26 heavy (non-hydrogen) atoms. The third kappa shape index (κ3) is 3.87. The van der Waals surface area contributed by atoms with Crippen molar-refractivity contribution in [2.45, 2.75) is 23.8 Å². The van der Waals surface area contributed by atoms with E-state index in [0.29, 0.717) is 29.2 Å². The third-order valence-corrected chi connectivity index (χ3v) is 7.26. The first-order valence-electron chi connectivity index (χ1n) is 8.28. The number of ether oxygens (including phenoxy) is 2. The van der Waals surface area contributed by atoms with Crippen molar-refractivity contribution in [2.75, 3.05) is 39.9 Å². The first kappa shape index (κ1) is 19.9. The van der Waals surface area contributed by atoms with Crippen LogP contribution in [0.25, 0.3) is 0 Å². The molecule has 1 atom stereocenters. The van der Waals surface area contributed by atoms with Gasteiger partial charge in [0, 0.05) is 37.8 Å². The van der Waals surface area contributed by atoms with Gasteiger partial charge in [-0.3, -0.25) is 4.79 Å². The number of amides is 1. The molecule has 0 aromatic heterocycles. The van der Waals surface area contributed by atoms with Crippen molar-refractivity contribution in [1.29, 1.82) is 0 Å². The Kier molecular flexibility index (Phi) is 6.13. The van der Waals surface area contributed by atoms with E-state index in [1.54, 1.807) is 11.0 Å². The molecule has 1 amide bonds. The van der Waals surface area contributed by atoms with Gasteiger partial charge >= 0.3 is 0 Å². The molecule has 2 heterocycles. The second-order valence-corrected chi connectivity index (χ2v) is 9.35. The minimum Gasteiger partial charge on any atom is -0.494 e. The SMILES string of the molecule is COc1c(Br)cc(Cl)cc1S(=O)(=O)N1CCN(C(=O)C2CCCO2)CC1. The van der Waals surface area contributed by atoms with Gasteiger partial charge in [-0.1, -0.05) is 11.6 Å². The first-order chi connectivity index (χ1) is 12.3. The summed E-state index contributed by atoms with van der Waals surface area (Å²) in [7, 11) is -2.39. The molecule has 1 aromatic carbocycles. The normalized spacial score (nSPS) is 21.8. The highest BCUT2D eigenvalue weighted by atomic mass is 79.9. The zero-order chi connectivity index (χ0) is 18.9. The Bertz CT molecular complexity index is 790. The number of carbonyl (C=O) groups is 1. The van der Waals surface area contributed by atoms with Crippen LogP contribution in [0.1, 0.15) is 12.8 Å². The quantitative estimate of drug-likeness (QED) is 0.678. The molecule has 2 aliphatic rings. The molecule has 1 unspecified atom stereocenters. The molecule has 10 heteroatoms. The molecule has 0 aliphatic carbocycles. The van der Waals surface area contributed by atoms with E-state index in [0.717, 1.165) is 12.8 Å². The van der Waals surface area contributed by atoms with E-state index in [1.807, 2.05) is 0 Å². The van der Waals surface area contributed by atoms with Crippen molar-refractivity contribution in [2.24, 2.45) is 0 Å². The van der Waals surface area contributed by atoms with Crippen LogP contribution in [-0.4, -0.2) is 69.5 Å². The highest BCUT2D eigenvalue weighted by molar-refractivity contribution is 9.10. The number of nitrogens with zero attached hydrogens (tertiary/aromatic N) is 2. The van der Waals surface area contributed by atoms with E-state index in [2.05, 4.69) is 15.9 Å². The van der Waals surface area contributed by atoms with Crippen LogP contribution in [0.5, 0.6) is 5.75 Å². The number of piperazine rings is 1. The predicted octanol–water partition coefficient (Wildman–Crippen LogP) is 2.12. The lowest BCUT2D eigenvalue weighted by Gasteiger charge is -2.35. The van der Waals surface area contributed by atoms with Gasteiger partial charge in [-0.2, -0.15) is 4.31 Å². The van der Waals surface area contributed by atoms with Crippen molar-refractivity contribution >= 4 is 43.5 Å². The van der Waals surface area contributed by atoms with Crippen LogP contribution in [0.4, 0.5) is 0 Å². The predicted molar refractivity (Wildman–Crippen MR) is 100 cm³/mol. The highest BCUT2D eigenvalue weighted by Crippen LogP contribution is 2.37. The Balaban J connectivity index is 1.75. The summed E-state index contributed by atoms with van der Waals surface area (Å²) >= 11 is 9.31. The average molecular weight is 468 g/mol. The number of rotatable bonds is 4. The highest BCUT2D eigenvalue weighted by Gasteiger charge is 2.35. The molecule has 144 valence electrons. The summed E-state index contributed by atoms with van der Waals surface area (Å²) in [6, 6.07) is 2.96. The molecular formula is C16H20BrClN2O5S. The molecule has 0 bridgehead atoms. The van der Waals surface area contributed by atoms with E-state index < -0.39 is 10.0 Å². The minimum absolute atomic E-state index is 0.0123. The van der Waals surface area contributed by atoms with E-state index in [1.165, 1.54) is 17.5 Å². The topological polar surface area (TPSA) is 76.2 Å². The van der Waals surface area contributed by atoms with Crippen LogP contribution in [-0.2, 0) is 19.6 Å². The maximum absolute atomic E-state index is 13.0. The molecule has 0 spiro atoms. The average Bonchev–Trinajstić information content (AvgIpc) is 3.15. The van der Waals surface area contributed by atoms with Gasteiger partial charge in [0.2, 0.25) is 10.0 Å². The van der Waals surface area contributed by atoms with E-state index in [9.17, 15) is 13.2 Å². The number of hydrogen-bond donors (Lipinski definition) is 0. The second-order valence-electron chi connectivity index (χ2n) is 6.15. The molecule has 0 N–H and O–H groups in total. The summed E-state index contributed by atoms with van der Waals surface area (Å²) in [5.74, 6) is 0.162.